The Balaban J connectivity index is 2.30. The molecule has 0 radical (unpaired) electrons. The van der Waals surface area contributed by atoms with Gasteiger partial charge in [0.25, 0.3) is 5.56 Å². The second-order valence-corrected chi connectivity index (χ2v) is 5.47. The average Bonchev–Trinajstić information content (AvgIpc) is 2.32. The predicted octanol–water partition coefficient (Wildman–Crippen LogP) is 2.76. The number of hydrogen-bond acceptors (Lipinski definition) is 4. The molecule has 4 nitrogen and oxygen atoms in total. The molecule has 0 unspecified atom stereocenters. The zero-order chi connectivity index (χ0) is 13.8. The van der Waals surface area contributed by atoms with Crippen molar-refractivity contribution in [1.29, 1.82) is 0 Å². The molecule has 0 atom stereocenters. The van der Waals surface area contributed by atoms with Gasteiger partial charge in [0.05, 0.1) is 0 Å². The van der Waals surface area contributed by atoms with Crippen molar-refractivity contribution >= 4 is 17.4 Å². The maximum atomic E-state index is 11.6. The fourth-order valence-corrected chi connectivity index (χ4v) is 2.62. The van der Waals surface area contributed by atoms with Crippen molar-refractivity contribution in [3.63, 3.8) is 0 Å². The minimum atomic E-state index is -0.119. The first kappa shape index (κ1) is 13.7. The molecule has 0 bridgehead atoms. The van der Waals surface area contributed by atoms with Crippen molar-refractivity contribution in [3.8, 4) is 0 Å². The van der Waals surface area contributed by atoms with E-state index in [2.05, 4.69) is 16.9 Å². The Kier molecular flexibility index (Phi) is 4.27. The van der Waals surface area contributed by atoms with Gasteiger partial charge in [-0.3, -0.25) is 4.79 Å². The van der Waals surface area contributed by atoms with Gasteiger partial charge in [0, 0.05) is 22.3 Å². The van der Waals surface area contributed by atoms with Gasteiger partial charge in [-0.1, -0.05) is 19.4 Å². The lowest BCUT2D eigenvalue weighted by Crippen LogP contribution is -2.09. The molecule has 1 heterocycles. The summed E-state index contributed by atoms with van der Waals surface area (Å²) in [5, 5.41) is 0.589. The summed E-state index contributed by atoms with van der Waals surface area (Å²) in [5.74, 6) is 0. The van der Waals surface area contributed by atoms with E-state index in [1.807, 2.05) is 25.1 Å². The van der Waals surface area contributed by atoms with Gasteiger partial charge in [-0.05, 0) is 42.8 Å². The topological polar surface area (TPSA) is 71.8 Å². The molecule has 0 saturated heterocycles. The number of nitrogens with one attached hydrogen (secondary N) is 1. The lowest BCUT2D eigenvalue weighted by Gasteiger charge is -2.06. The third-order valence-corrected chi connectivity index (χ3v) is 3.63. The van der Waals surface area contributed by atoms with E-state index in [1.165, 1.54) is 11.8 Å². The number of aryl methyl sites for hydroxylation is 2. The molecule has 2 rings (SSSR count). The molecule has 1 aromatic carbocycles. The summed E-state index contributed by atoms with van der Waals surface area (Å²) in [5.41, 5.74) is 8.48. The van der Waals surface area contributed by atoms with Gasteiger partial charge in [-0.25, -0.2) is 4.98 Å². The van der Waals surface area contributed by atoms with Crippen LogP contribution in [0.5, 0.6) is 0 Å². The molecule has 0 aliphatic heterocycles. The molecule has 0 spiro atoms. The molecule has 0 aliphatic rings. The first-order valence-corrected chi connectivity index (χ1v) is 7.04. The van der Waals surface area contributed by atoms with E-state index < -0.39 is 0 Å². The summed E-state index contributed by atoms with van der Waals surface area (Å²) in [4.78, 5) is 19.7. The van der Waals surface area contributed by atoms with E-state index in [0.29, 0.717) is 10.8 Å². The molecule has 3 N–H and O–H groups in total. The highest BCUT2D eigenvalue weighted by atomic mass is 32.2. The zero-order valence-electron chi connectivity index (χ0n) is 11.1. The average molecular weight is 275 g/mol. The van der Waals surface area contributed by atoms with Crippen LogP contribution in [0.2, 0.25) is 0 Å². The second-order valence-electron chi connectivity index (χ2n) is 4.44. The van der Waals surface area contributed by atoms with Crippen LogP contribution in [-0.2, 0) is 6.42 Å². The number of aromatic nitrogens is 2. The Morgan fingerprint density at radius 3 is 2.84 bits per heavy atom. The Morgan fingerprint density at radius 1 is 1.37 bits per heavy atom. The number of nitrogens with zero attached hydrogens (tertiary/aromatic N) is 1. The van der Waals surface area contributed by atoms with Crippen molar-refractivity contribution in [1.82, 2.24) is 9.97 Å². The highest BCUT2D eigenvalue weighted by Crippen LogP contribution is 2.29. The first-order valence-electron chi connectivity index (χ1n) is 6.22. The molecule has 0 saturated carbocycles. The molecular weight excluding hydrogens is 258 g/mol. The Labute approximate surface area is 116 Å². The van der Waals surface area contributed by atoms with E-state index in [9.17, 15) is 4.79 Å². The van der Waals surface area contributed by atoms with Gasteiger partial charge in [-0.2, -0.15) is 0 Å². The monoisotopic (exact) mass is 275 g/mol. The van der Waals surface area contributed by atoms with Crippen LogP contribution in [-0.4, -0.2) is 9.97 Å². The lowest BCUT2D eigenvalue weighted by atomic mass is 10.2. The van der Waals surface area contributed by atoms with Crippen molar-refractivity contribution in [2.24, 2.45) is 0 Å². The molecule has 100 valence electrons. The van der Waals surface area contributed by atoms with Gasteiger partial charge in [0.2, 0.25) is 0 Å². The van der Waals surface area contributed by atoms with Crippen molar-refractivity contribution in [3.05, 3.63) is 45.9 Å². The predicted molar refractivity (Wildman–Crippen MR) is 78.6 cm³/mol. The minimum absolute atomic E-state index is 0.119. The van der Waals surface area contributed by atoms with Gasteiger partial charge < -0.3 is 10.7 Å². The molecular formula is C14H17N3OS. The second kappa shape index (κ2) is 5.93. The molecule has 1 aromatic heterocycles. The van der Waals surface area contributed by atoms with E-state index in [4.69, 9.17) is 5.73 Å². The lowest BCUT2D eigenvalue weighted by molar-refractivity contribution is 0.816. The number of rotatable bonds is 4. The number of hydrogen-bond donors (Lipinski definition) is 2. The summed E-state index contributed by atoms with van der Waals surface area (Å²) in [6, 6.07) is 7.40. The number of aromatic amines is 1. The molecule has 0 amide bonds. The standard InChI is InChI=1S/C14H17N3OS/c1-3-4-10-8-13(18)17-14(16-10)19-12-6-5-9(2)7-11(12)15/h5-8H,3-4,15H2,1-2H3,(H,16,17,18). The van der Waals surface area contributed by atoms with Crippen LogP contribution in [0.3, 0.4) is 0 Å². The molecule has 2 aromatic rings. The van der Waals surface area contributed by atoms with Crippen LogP contribution in [0.1, 0.15) is 24.6 Å². The summed E-state index contributed by atoms with van der Waals surface area (Å²) in [6.45, 7) is 4.06. The molecule has 5 heteroatoms. The Morgan fingerprint density at radius 2 is 2.16 bits per heavy atom. The minimum Gasteiger partial charge on any atom is -0.398 e. The van der Waals surface area contributed by atoms with Crippen LogP contribution < -0.4 is 11.3 Å². The van der Waals surface area contributed by atoms with Gasteiger partial charge in [0.15, 0.2) is 5.16 Å². The molecule has 19 heavy (non-hydrogen) atoms. The normalized spacial score (nSPS) is 10.6. The van der Waals surface area contributed by atoms with E-state index >= 15 is 0 Å². The number of anilines is 1. The quantitative estimate of drug-likeness (QED) is 0.665. The van der Waals surface area contributed by atoms with E-state index in [0.717, 1.165) is 29.0 Å². The van der Waals surface area contributed by atoms with Crippen LogP contribution in [0.25, 0.3) is 0 Å². The van der Waals surface area contributed by atoms with Gasteiger partial charge >= 0.3 is 0 Å². The fourth-order valence-electron chi connectivity index (χ4n) is 1.78. The zero-order valence-corrected chi connectivity index (χ0v) is 11.9. The third-order valence-electron chi connectivity index (χ3n) is 2.65. The van der Waals surface area contributed by atoms with Crippen LogP contribution in [0.4, 0.5) is 5.69 Å². The third kappa shape index (κ3) is 3.61. The SMILES string of the molecule is CCCc1cc(=O)[nH]c(Sc2ccc(C)cc2N)n1. The number of H-pyrrole nitrogens is 1. The largest absolute Gasteiger partial charge is 0.398 e. The van der Waals surface area contributed by atoms with E-state index in [1.54, 1.807) is 6.07 Å². The Bertz CT molecular complexity index is 637. The summed E-state index contributed by atoms with van der Waals surface area (Å²) >= 11 is 1.39. The maximum Gasteiger partial charge on any atom is 0.251 e. The van der Waals surface area contributed by atoms with E-state index in [-0.39, 0.29) is 5.56 Å². The summed E-state index contributed by atoms with van der Waals surface area (Å²) in [6.07, 6.45) is 1.77. The highest BCUT2D eigenvalue weighted by molar-refractivity contribution is 7.99. The molecule has 0 fully saturated rings. The summed E-state index contributed by atoms with van der Waals surface area (Å²) < 4.78 is 0. The van der Waals surface area contributed by atoms with Gasteiger partial charge in [-0.15, -0.1) is 0 Å². The number of nitrogen functional groups attached to an aromatic ring is 1. The van der Waals surface area contributed by atoms with Crippen molar-refractivity contribution in [2.45, 2.75) is 36.7 Å². The van der Waals surface area contributed by atoms with Crippen molar-refractivity contribution in [2.75, 3.05) is 5.73 Å². The van der Waals surface area contributed by atoms with Crippen molar-refractivity contribution < 1.29 is 0 Å². The fraction of sp³-hybridized carbons (Fsp3) is 0.286. The van der Waals surface area contributed by atoms with Crippen LogP contribution in [0.15, 0.2) is 39.1 Å². The smallest absolute Gasteiger partial charge is 0.251 e. The number of benzene rings is 1. The molecule has 0 aliphatic carbocycles. The van der Waals surface area contributed by atoms with Gasteiger partial charge in [0.1, 0.15) is 0 Å². The highest BCUT2D eigenvalue weighted by Gasteiger charge is 2.06. The first-order chi connectivity index (χ1) is 9.08. The van der Waals surface area contributed by atoms with Crippen LogP contribution in [0, 0.1) is 6.92 Å². The number of nitrogens with two attached hydrogens (primary N) is 1. The summed E-state index contributed by atoms with van der Waals surface area (Å²) in [7, 11) is 0. The maximum absolute atomic E-state index is 11.6. The van der Waals surface area contributed by atoms with Crippen LogP contribution >= 0.6 is 11.8 Å². The Hall–Kier alpha value is -1.75.